The molecule has 0 aliphatic carbocycles. The van der Waals surface area contributed by atoms with Gasteiger partial charge >= 0.3 is 18.1 Å². The Morgan fingerprint density at radius 3 is 2.59 bits per heavy atom. The highest BCUT2D eigenvalue weighted by atomic mass is 16.6. The van der Waals surface area contributed by atoms with Crippen LogP contribution in [0.3, 0.4) is 0 Å². The second-order valence-corrected chi connectivity index (χ2v) is 7.78. The summed E-state index contributed by atoms with van der Waals surface area (Å²) in [5.41, 5.74) is 1.09. The molecule has 0 aromatic heterocycles. The van der Waals surface area contributed by atoms with Gasteiger partial charge in [-0.1, -0.05) is 18.2 Å². The first-order chi connectivity index (χ1) is 12.7. The van der Waals surface area contributed by atoms with Crippen LogP contribution in [0.25, 0.3) is 0 Å². The summed E-state index contributed by atoms with van der Waals surface area (Å²) in [5, 5.41) is 2.86. The number of nitrogens with one attached hydrogen (secondary N) is 1. The Kier molecular flexibility index (Phi) is 4.99. The molecule has 146 valence electrons. The van der Waals surface area contributed by atoms with Crippen LogP contribution in [0.4, 0.5) is 15.3 Å². The first-order valence-electron chi connectivity index (χ1n) is 8.92. The van der Waals surface area contributed by atoms with Gasteiger partial charge in [-0.15, -0.1) is 0 Å². The highest BCUT2D eigenvalue weighted by Gasteiger charge is 2.45. The predicted octanol–water partition coefficient (Wildman–Crippen LogP) is 2.59. The van der Waals surface area contributed by atoms with Gasteiger partial charge in [0.1, 0.15) is 11.6 Å². The Balaban J connectivity index is 1.80. The number of carbonyl (C=O) groups is 3. The summed E-state index contributed by atoms with van der Waals surface area (Å²) in [6, 6.07) is 6.24. The lowest BCUT2D eigenvalue weighted by atomic mass is 10.1. The normalized spacial score (nSPS) is 22.1. The van der Waals surface area contributed by atoms with Crippen LogP contribution in [0.15, 0.2) is 24.3 Å². The van der Waals surface area contributed by atoms with Crippen LogP contribution in [0.2, 0.25) is 0 Å². The van der Waals surface area contributed by atoms with Crippen LogP contribution in [0, 0.1) is 0 Å². The van der Waals surface area contributed by atoms with Crippen LogP contribution in [-0.2, 0) is 20.8 Å². The van der Waals surface area contributed by atoms with E-state index in [4.69, 9.17) is 9.47 Å². The van der Waals surface area contributed by atoms with Gasteiger partial charge in [-0.2, -0.15) is 0 Å². The van der Waals surface area contributed by atoms with Crippen molar-refractivity contribution in [3.8, 4) is 0 Å². The van der Waals surface area contributed by atoms with Crippen molar-refractivity contribution in [2.75, 3.05) is 19.0 Å². The van der Waals surface area contributed by atoms with Gasteiger partial charge in [0.25, 0.3) is 0 Å². The molecule has 2 atom stereocenters. The van der Waals surface area contributed by atoms with Crippen molar-refractivity contribution in [1.82, 2.24) is 9.80 Å². The number of likely N-dealkylation sites (tertiary alicyclic amines) is 1. The fourth-order valence-electron chi connectivity index (χ4n) is 3.44. The van der Waals surface area contributed by atoms with Gasteiger partial charge in [0.05, 0.1) is 13.2 Å². The number of benzene rings is 1. The number of para-hydroxylation sites is 1. The molecule has 2 heterocycles. The highest BCUT2D eigenvalue weighted by Crippen LogP contribution is 2.30. The molecule has 8 nitrogen and oxygen atoms in total. The van der Waals surface area contributed by atoms with E-state index in [1.54, 1.807) is 25.7 Å². The molecule has 0 bridgehead atoms. The number of methoxy groups -OCH3 is 1. The third kappa shape index (κ3) is 3.99. The molecule has 0 saturated carbocycles. The number of carbonyl (C=O) groups excluding carboxylic acids is 3. The average Bonchev–Trinajstić information content (AvgIpc) is 3.04. The van der Waals surface area contributed by atoms with Crippen molar-refractivity contribution in [3.63, 3.8) is 0 Å². The molecule has 1 aromatic carbocycles. The number of hydrogen-bond acceptors (Lipinski definition) is 5. The van der Waals surface area contributed by atoms with Gasteiger partial charge in [0.2, 0.25) is 0 Å². The Bertz CT molecular complexity index is 758. The summed E-state index contributed by atoms with van der Waals surface area (Å²) in [5.74, 6) is -0.513. The molecule has 0 spiro atoms. The zero-order valence-electron chi connectivity index (χ0n) is 16.0. The minimum atomic E-state index is -0.778. The van der Waals surface area contributed by atoms with Crippen molar-refractivity contribution < 1.29 is 23.9 Å². The molecule has 0 radical (unpaired) electrons. The number of nitrogens with zero attached hydrogens (tertiary/aromatic N) is 2. The number of rotatable bonds is 2. The Labute approximate surface area is 158 Å². The second-order valence-electron chi connectivity index (χ2n) is 7.78. The maximum Gasteiger partial charge on any atom is 0.411 e. The lowest BCUT2D eigenvalue weighted by Crippen LogP contribution is -2.47. The van der Waals surface area contributed by atoms with Gasteiger partial charge in [0, 0.05) is 25.2 Å². The van der Waals surface area contributed by atoms with E-state index in [0.717, 1.165) is 11.3 Å². The smallest absolute Gasteiger partial charge is 0.411 e. The van der Waals surface area contributed by atoms with Gasteiger partial charge in [-0.3, -0.25) is 4.90 Å². The van der Waals surface area contributed by atoms with E-state index >= 15 is 0 Å². The summed E-state index contributed by atoms with van der Waals surface area (Å²) >= 11 is 0. The van der Waals surface area contributed by atoms with Crippen molar-refractivity contribution in [2.45, 2.75) is 51.4 Å². The third-order valence-electron chi connectivity index (χ3n) is 4.68. The lowest BCUT2D eigenvalue weighted by molar-refractivity contribution is -0.145. The van der Waals surface area contributed by atoms with Gasteiger partial charge in [0.15, 0.2) is 0 Å². The van der Waals surface area contributed by atoms with Crippen LogP contribution in [0.5, 0.6) is 0 Å². The van der Waals surface area contributed by atoms with Crippen LogP contribution in [0.1, 0.15) is 32.8 Å². The largest absolute Gasteiger partial charge is 0.467 e. The average molecular weight is 375 g/mol. The fraction of sp³-hybridized carbons (Fsp3) is 0.526. The first-order valence-corrected chi connectivity index (χ1v) is 8.92. The molecular formula is C19H25N3O5. The number of fused-ring (bicyclic) bond motifs is 1. The maximum atomic E-state index is 12.6. The third-order valence-corrected chi connectivity index (χ3v) is 4.68. The number of hydrogen-bond donors (Lipinski definition) is 1. The molecule has 3 amide bonds. The van der Waals surface area contributed by atoms with Crippen LogP contribution in [-0.4, -0.2) is 59.2 Å². The monoisotopic (exact) mass is 375 g/mol. The molecule has 1 fully saturated rings. The summed E-state index contributed by atoms with van der Waals surface area (Å²) in [6.45, 7) is 5.93. The molecule has 1 saturated heterocycles. The molecule has 1 N–H and O–H groups in total. The molecule has 27 heavy (non-hydrogen) atoms. The predicted molar refractivity (Wildman–Crippen MR) is 98.2 cm³/mol. The summed E-state index contributed by atoms with van der Waals surface area (Å²) in [7, 11) is 1.28. The lowest BCUT2D eigenvalue weighted by Gasteiger charge is -2.33. The SMILES string of the molecule is COC(=O)[C@@H]1CC(N2Cc3ccccc3NC2=O)CN1C(=O)OC(C)(C)C. The zero-order valence-corrected chi connectivity index (χ0v) is 16.0. The minimum absolute atomic E-state index is 0.213. The van der Waals surface area contributed by atoms with E-state index in [1.807, 2.05) is 24.3 Å². The van der Waals surface area contributed by atoms with Crippen molar-refractivity contribution >= 4 is 23.8 Å². The summed E-state index contributed by atoms with van der Waals surface area (Å²) in [4.78, 5) is 40.4. The first kappa shape index (κ1) is 19.0. The van der Waals surface area contributed by atoms with E-state index in [9.17, 15) is 14.4 Å². The topological polar surface area (TPSA) is 88.2 Å². The molecule has 3 rings (SSSR count). The summed E-state index contributed by atoms with van der Waals surface area (Å²) in [6.07, 6.45) is -0.278. The van der Waals surface area contributed by atoms with E-state index in [0.29, 0.717) is 13.0 Å². The van der Waals surface area contributed by atoms with Gasteiger partial charge in [-0.05, 0) is 32.4 Å². The van der Waals surface area contributed by atoms with Crippen LogP contribution < -0.4 is 5.32 Å². The number of urea groups is 1. The summed E-state index contributed by atoms with van der Waals surface area (Å²) < 4.78 is 10.3. The maximum absolute atomic E-state index is 12.6. The number of anilines is 1. The fourth-order valence-corrected chi connectivity index (χ4v) is 3.44. The standard InChI is InChI=1S/C19H25N3O5/c1-19(2,3)27-18(25)22-11-13(9-15(22)16(23)26-4)21-10-12-7-5-6-8-14(12)20-17(21)24/h5-8,13,15H,9-11H2,1-4H3,(H,20,24)/t13?,15-/m0/s1. The van der Waals surface area contributed by atoms with E-state index in [2.05, 4.69) is 5.32 Å². The quantitative estimate of drug-likeness (QED) is 0.803. The molecule has 8 heteroatoms. The highest BCUT2D eigenvalue weighted by molar-refractivity contribution is 5.93. The van der Waals surface area contributed by atoms with Gasteiger partial charge in [-0.25, -0.2) is 14.4 Å². The van der Waals surface area contributed by atoms with Crippen molar-refractivity contribution in [2.24, 2.45) is 0 Å². The van der Waals surface area contributed by atoms with E-state index < -0.39 is 23.7 Å². The number of amides is 3. The molecule has 1 aromatic rings. The second kappa shape index (κ2) is 7.09. The molecule has 1 unspecified atom stereocenters. The zero-order chi connectivity index (χ0) is 19.8. The van der Waals surface area contributed by atoms with E-state index in [-0.39, 0.29) is 18.6 Å². The van der Waals surface area contributed by atoms with Crippen molar-refractivity contribution in [3.05, 3.63) is 29.8 Å². The molecule has 2 aliphatic rings. The van der Waals surface area contributed by atoms with Crippen LogP contribution >= 0.6 is 0 Å². The Morgan fingerprint density at radius 2 is 1.93 bits per heavy atom. The molecular weight excluding hydrogens is 350 g/mol. The Morgan fingerprint density at radius 1 is 1.22 bits per heavy atom. The number of ether oxygens (including phenoxy) is 2. The van der Waals surface area contributed by atoms with Crippen molar-refractivity contribution in [1.29, 1.82) is 0 Å². The Hall–Kier alpha value is -2.77. The number of esters is 1. The van der Waals surface area contributed by atoms with Gasteiger partial charge < -0.3 is 19.7 Å². The molecule has 2 aliphatic heterocycles. The van der Waals surface area contributed by atoms with E-state index in [1.165, 1.54) is 12.0 Å². The minimum Gasteiger partial charge on any atom is -0.467 e.